The molecule has 0 aliphatic rings. The van der Waals surface area contributed by atoms with Gasteiger partial charge >= 0.3 is 0 Å². The molecule has 5 nitrogen and oxygen atoms in total. The first-order chi connectivity index (χ1) is 10.3. The monoisotopic (exact) mass is 286 g/mol. The number of unbranched alkanes of at least 4 members (excludes halogenated alkanes) is 3. The first kappa shape index (κ1) is 15.3. The molecule has 5 heteroatoms. The van der Waals surface area contributed by atoms with Crippen molar-refractivity contribution in [2.45, 2.75) is 32.1 Å². The van der Waals surface area contributed by atoms with Gasteiger partial charge in [0.1, 0.15) is 0 Å². The SMILES string of the molecule is NCCCCCCC(=O)Nc1cccc(-n2ccnc2)c1. The highest BCUT2D eigenvalue weighted by atomic mass is 16.1. The molecule has 0 fully saturated rings. The number of nitrogens with two attached hydrogens (primary N) is 1. The van der Waals surface area contributed by atoms with E-state index < -0.39 is 0 Å². The van der Waals surface area contributed by atoms with Crippen molar-refractivity contribution in [2.24, 2.45) is 5.73 Å². The van der Waals surface area contributed by atoms with E-state index >= 15 is 0 Å². The predicted molar refractivity (Wildman–Crippen MR) is 84.3 cm³/mol. The van der Waals surface area contributed by atoms with Crippen molar-refractivity contribution in [3.05, 3.63) is 43.0 Å². The van der Waals surface area contributed by atoms with Crippen LogP contribution < -0.4 is 11.1 Å². The number of hydrogen-bond donors (Lipinski definition) is 2. The van der Waals surface area contributed by atoms with Crippen LogP contribution >= 0.6 is 0 Å². The molecular weight excluding hydrogens is 264 g/mol. The van der Waals surface area contributed by atoms with Gasteiger partial charge in [0, 0.05) is 30.2 Å². The number of amides is 1. The van der Waals surface area contributed by atoms with Crippen molar-refractivity contribution in [3.8, 4) is 5.69 Å². The molecule has 0 atom stereocenters. The lowest BCUT2D eigenvalue weighted by molar-refractivity contribution is -0.116. The van der Waals surface area contributed by atoms with Gasteiger partial charge in [-0.1, -0.05) is 18.9 Å². The summed E-state index contributed by atoms with van der Waals surface area (Å²) < 4.78 is 1.91. The number of carbonyl (C=O) groups is 1. The third-order valence-electron chi connectivity index (χ3n) is 3.29. The van der Waals surface area contributed by atoms with E-state index in [4.69, 9.17) is 5.73 Å². The number of carbonyl (C=O) groups excluding carboxylic acids is 1. The molecule has 2 aromatic rings. The van der Waals surface area contributed by atoms with Gasteiger partial charge in [0.15, 0.2) is 0 Å². The highest BCUT2D eigenvalue weighted by Crippen LogP contribution is 2.15. The summed E-state index contributed by atoms with van der Waals surface area (Å²) in [7, 11) is 0. The van der Waals surface area contributed by atoms with Crippen LogP contribution in [0.25, 0.3) is 5.69 Å². The molecule has 0 aliphatic heterocycles. The largest absolute Gasteiger partial charge is 0.330 e. The third-order valence-corrected chi connectivity index (χ3v) is 3.29. The van der Waals surface area contributed by atoms with Crippen molar-refractivity contribution in [3.63, 3.8) is 0 Å². The van der Waals surface area contributed by atoms with Gasteiger partial charge in [-0.25, -0.2) is 4.98 Å². The van der Waals surface area contributed by atoms with E-state index in [9.17, 15) is 4.79 Å². The number of benzene rings is 1. The van der Waals surface area contributed by atoms with E-state index in [1.54, 1.807) is 12.5 Å². The zero-order chi connectivity index (χ0) is 14.9. The fourth-order valence-electron chi connectivity index (χ4n) is 2.16. The lowest BCUT2D eigenvalue weighted by Gasteiger charge is -2.08. The van der Waals surface area contributed by atoms with Crippen molar-refractivity contribution in [2.75, 3.05) is 11.9 Å². The predicted octanol–water partition coefficient (Wildman–Crippen LogP) is 2.72. The Balaban J connectivity index is 1.82. The topological polar surface area (TPSA) is 72.9 Å². The molecule has 21 heavy (non-hydrogen) atoms. The van der Waals surface area contributed by atoms with Crippen LogP contribution in [-0.2, 0) is 4.79 Å². The quantitative estimate of drug-likeness (QED) is 0.733. The summed E-state index contributed by atoms with van der Waals surface area (Å²) in [6.45, 7) is 0.729. The van der Waals surface area contributed by atoms with Gasteiger partial charge in [0.25, 0.3) is 0 Å². The Morgan fingerprint density at radius 1 is 1.24 bits per heavy atom. The third kappa shape index (κ3) is 5.04. The Bertz CT molecular complexity index is 551. The van der Waals surface area contributed by atoms with Crippen LogP contribution in [0.3, 0.4) is 0 Å². The number of hydrogen-bond acceptors (Lipinski definition) is 3. The number of nitrogens with zero attached hydrogens (tertiary/aromatic N) is 2. The Morgan fingerprint density at radius 2 is 2.10 bits per heavy atom. The van der Waals surface area contributed by atoms with Gasteiger partial charge in [-0.05, 0) is 37.6 Å². The Morgan fingerprint density at radius 3 is 2.86 bits per heavy atom. The summed E-state index contributed by atoms with van der Waals surface area (Å²) in [5, 5.41) is 2.94. The second-order valence-electron chi connectivity index (χ2n) is 5.02. The molecule has 1 aromatic heterocycles. The Labute approximate surface area is 125 Å². The van der Waals surface area contributed by atoms with Crippen molar-refractivity contribution in [1.82, 2.24) is 9.55 Å². The molecule has 0 saturated carbocycles. The van der Waals surface area contributed by atoms with E-state index in [2.05, 4.69) is 10.3 Å². The molecule has 0 unspecified atom stereocenters. The van der Waals surface area contributed by atoms with E-state index in [0.29, 0.717) is 6.42 Å². The first-order valence-electron chi connectivity index (χ1n) is 7.38. The lowest BCUT2D eigenvalue weighted by atomic mass is 10.1. The lowest BCUT2D eigenvalue weighted by Crippen LogP contribution is -2.11. The molecule has 1 amide bonds. The van der Waals surface area contributed by atoms with Gasteiger partial charge in [0.05, 0.1) is 6.33 Å². The van der Waals surface area contributed by atoms with E-state index in [1.165, 1.54) is 0 Å². The van der Waals surface area contributed by atoms with E-state index in [-0.39, 0.29) is 5.91 Å². The number of imidazole rings is 1. The molecule has 112 valence electrons. The molecule has 1 heterocycles. The van der Waals surface area contributed by atoms with Crippen LogP contribution in [0.1, 0.15) is 32.1 Å². The molecule has 0 spiro atoms. The smallest absolute Gasteiger partial charge is 0.224 e. The van der Waals surface area contributed by atoms with Crippen LogP contribution in [0.2, 0.25) is 0 Å². The molecule has 0 radical (unpaired) electrons. The highest BCUT2D eigenvalue weighted by molar-refractivity contribution is 5.90. The summed E-state index contributed by atoms with van der Waals surface area (Å²) in [5.74, 6) is 0.0607. The maximum atomic E-state index is 11.9. The number of aromatic nitrogens is 2. The fraction of sp³-hybridized carbons (Fsp3) is 0.375. The standard InChI is InChI=1S/C16H22N4O/c17-9-4-2-1-3-8-16(21)19-14-6-5-7-15(12-14)20-11-10-18-13-20/h5-7,10-13H,1-4,8-9,17H2,(H,19,21). The minimum Gasteiger partial charge on any atom is -0.330 e. The summed E-state index contributed by atoms with van der Waals surface area (Å²) in [6, 6.07) is 7.73. The first-order valence-corrected chi connectivity index (χ1v) is 7.38. The molecule has 0 saturated heterocycles. The van der Waals surface area contributed by atoms with Gasteiger partial charge in [-0.15, -0.1) is 0 Å². The number of rotatable bonds is 8. The van der Waals surface area contributed by atoms with Crippen LogP contribution in [0, 0.1) is 0 Å². The zero-order valence-electron chi connectivity index (χ0n) is 12.2. The van der Waals surface area contributed by atoms with Gasteiger partial charge < -0.3 is 15.6 Å². The van der Waals surface area contributed by atoms with Crippen molar-refractivity contribution < 1.29 is 4.79 Å². The average Bonchev–Trinajstić information content (AvgIpc) is 3.01. The van der Waals surface area contributed by atoms with Gasteiger partial charge in [-0.3, -0.25) is 4.79 Å². The summed E-state index contributed by atoms with van der Waals surface area (Å²) in [4.78, 5) is 15.9. The molecule has 0 aliphatic carbocycles. The van der Waals surface area contributed by atoms with Crippen molar-refractivity contribution in [1.29, 1.82) is 0 Å². The Kier molecular flexibility index (Phi) is 5.97. The number of anilines is 1. The van der Waals surface area contributed by atoms with Crippen LogP contribution in [0.5, 0.6) is 0 Å². The normalized spacial score (nSPS) is 10.5. The summed E-state index contributed by atoms with van der Waals surface area (Å²) in [6.07, 6.45) is 9.99. The number of nitrogens with one attached hydrogen (secondary N) is 1. The zero-order valence-corrected chi connectivity index (χ0v) is 12.2. The van der Waals surface area contributed by atoms with Crippen LogP contribution in [0.4, 0.5) is 5.69 Å². The van der Waals surface area contributed by atoms with E-state index in [1.807, 2.05) is 35.0 Å². The minimum absolute atomic E-state index is 0.0607. The summed E-state index contributed by atoms with van der Waals surface area (Å²) >= 11 is 0. The fourth-order valence-corrected chi connectivity index (χ4v) is 2.16. The molecule has 3 N–H and O–H groups in total. The van der Waals surface area contributed by atoms with E-state index in [0.717, 1.165) is 43.6 Å². The second-order valence-corrected chi connectivity index (χ2v) is 5.02. The van der Waals surface area contributed by atoms with Gasteiger partial charge in [0.2, 0.25) is 5.91 Å². The van der Waals surface area contributed by atoms with Crippen molar-refractivity contribution >= 4 is 11.6 Å². The average molecular weight is 286 g/mol. The second kappa shape index (κ2) is 8.21. The molecule has 1 aromatic carbocycles. The summed E-state index contributed by atoms with van der Waals surface area (Å²) in [5.41, 5.74) is 7.23. The maximum Gasteiger partial charge on any atom is 0.224 e. The highest BCUT2D eigenvalue weighted by Gasteiger charge is 2.03. The molecule has 2 rings (SSSR count). The van der Waals surface area contributed by atoms with Crippen LogP contribution in [-0.4, -0.2) is 22.0 Å². The maximum absolute atomic E-state index is 11.9. The molecular formula is C16H22N4O. The minimum atomic E-state index is 0.0607. The molecule has 0 bridgehead atoms. The van der Waals surface area contributed by atoms with Crippen LogP contribution in [0.15, 0.2) is 43.0 Å². The Hall–Kier alpha value is -2.14. The van der Waals surface area contributed by atoms with Gasteiger partial charge in [-0.2, -0.15) is 0 Å².